The standard InChI is InChI=1S/C25H30F3N5O6/c1-13-4-3-8-29-20(13)32-23(37)24(38)33-11-15-5-2-6-16(15)19(33)22(36)31-17(10-14-7-9-30-21(14)35)18(34)12-39-25(26,27)28/h3-4,8,14-17,19H,2,5-7,9-12H2,1H3,(H,30,35)(H,31,36)(H,29,32,37)/t14-,15-,16-,17-,19-/m0/s1. The average molecular weight is 554 g/mol. The molecule has 3 aliphatic rings. The Hall–Kier alpha value is -3.55. The normalized spacial score (nSPS) is 25.1. The number of ketones is 1. The molecule has 1 saturated carbocycles. The van der Waals surface area contributed by atoms with Crippen LogP contribution < -0.4 is 16.0 Å². The second-order valence-corrected chi connectivity index (χ2v) is 10.2. The number of ether oxygens (including phenoxy) is 1. The van der Waals surface area contributed by atoms with Crippen molar-refractivity contribution in [2.75, 3.05) is 25.0 Å². The van der Waals surface area contributed by atoms with E-state index in [4.69, 9.17) is 0 Å². The number of aromatic nitrogens is 1. The van der Waals surface area contributed by atoms with E-state index in [-0.39, 0.29) is 36.5 Å². The minimum absolute atomic E-state index is 0.0441. The Bertz CT molecular complexity index is 1150. The summed E-state index contributed by atoms with van der Waals surface area (Å²) in [6.07, 6.45) is -1.31. The predicted octanol–water partition coefficient (Wildman–Crippen LogP) is 1.07. The molecule has 0 bridgehead atoms. The highest BCUT2D eigenvalue weighted by Crippen LogP contribution is 2.42. The van der Waals surface area contributed by atoms with Gasteiger partial charge in [0, 0.05) is 25.2 Å². The number of carbonyl (C=O) groups excluding carboxylic acids is 5. The van der Waals surface area contributed by atoms with E-state index in [2.05, 4.69) is 25.7 Å². The van der Waals surface area contributed by atoms with E-state index in [1.54, 1.807) is 19.1 Å². The molecule has 1 aromatic heterocycles. The van der Waals surface area contributed by atoms with Crippen molar-refractivity contribution < 1.29 is 41.9 Å². The number of halogens is 3. The minimum Gasteiger partial charge on any atom is -0.356 e. The van der Waals surface area contributed by atoms with Crippen molar-refractivity contribution in [3.63, 3.8) is 0 Å². The summed E-state index contributed by atoms with van der Waals surface area (Å²) in [4.78, 5) is 69.6. The maximum Gasteiger partial charge on any atom is 0.522 e. The van der Waals surface area contributed by atoms with E-state index in [0.29, 0.717) is 24.9 Å². The number of carbonyl (C=O) groups is 5. The number of likely N-dealkylation sites (tertiary alicyclic amines) is 1. The van der Waals surface area contributed by atoms with Crippen LogP contribution in [0.2, 0.25) is 0 Å². The minimum atomic E-state index is -5.06. The summed E-state index contributed by atoms with van der Waals surface area (Å²) in [5.74, 6) is -4.93. The van der Waals surface area contributed by atoms with Crippen LogP contribution >= 0.6 is 0 Å². The van der Waals surface area contributed by atoms with E-state index in [0.717, 1.165) is 17.7 Å². The van der Waals surface area contributed by atoms with Crippen LogP contribution in [0.5, 0.6) is 0 Å². The molecule has 0 radical (unpaired) electrons. The van der Waals surface area contributed by atoms with Gasteiger partial charge in [-0.15, -0.1) is 13.2 Å². The van der Waals surface area contributed by atoms with Crippen molar-refractivity contribution in [1.29, 1.82) is 0 Å². The number of rotatable bonds is 8. The lowest BCUT2D eigenvalue weighted by Crippen LogP contribution is -2.55. The second kappa shape index (κ2) is 11.7. The molecular weight excluding hydrogens is 523 g/mol. The summed E-state index contributed by atoms with van der Waals surface area (Å²) in [6.45, 7) is 0.857. The van der Waals surface area contributed by atoms with Crippen LogP contribution in [0.3, 0.4) is 0 Å². The molecule has 212 valence electrons. The number of anilines is 1. The second-order valence-electron chi connectivity index (χ2n) is 10.2. The Labute approximate surface area is 222 Å². The van der Waals surface area contributed by atoms with Crippen molar-refractivity contribution >= 4 is 35.2 Å². The predicted molar refractivity (Wildman–Crippen MR) is 129 cm³/mol. The zero-order valence-corrected chi connectivity index (χ0v) is 21.3. The molecule has 4 rings (SSSR count). The van der Waals surface area contributed by atoms with Gasteiger partial charge in [0.25, 0.3) is 0 Å². The number of fused-ring (bicyclic) bond motifs is 1. The number of alkyl halides is 3. The van der Waals surface area contributed by atoms with Gasteiger partial charge in [0.2, 0.25) is 11.8 Å². The van der Waals surface area contributed by atoms with E-state index in [9.17, 15) is 37.1 Å². The topological polar surface area (TPSA) is 147 Å². The van der Waals surface area contributed by atoms with Crippen LogP contribution in [0.4, 0.5) is 19.0 Å². The Morgan fingerprint density at radius 1 is 1.23 bits per heavy atom. The first-order chi connectivity index (χ1) is 18.4. The number of amides is 4. The average Bonchev–Trinajstić information content (AvgIpc) is 3.58. The molecule has 2 saturated heterocycles. The molecule has 3 N–H and O–H groups in total. The molecule has 11 nitrogen and oxygen atoms in total. The van der Waals surface area contributed by atoms with Gasteiger partial charge >= 0.3 is 18.2 Å². The van der Waals surface area contributed by atoms with Gasteiger partial charge in [-0.1, -0.05) is 12.5 Å². The number of Topliss-reactive ketones (excluding diaryl/α,β-unsaturated/α-hetero) is 1. The van der Waals surface area contributed by atoms with Crippen LogP contribution in [-0.2, 0) is 28.7 Å². The SMILES string of the molecule is Cc1cccnc1NC(=O)C(=O)N1C[C@@H]2CCC[C@@H]2[C@H]1C(=O)N[C@@H](C[C@@H]1CCNC1=O)C(=O)COC(F)(F)F. The number of hydrogen-bond donors (Lipinski definition) is 3. The summed E-state index contributed by atoms with van der Waals surface area (Å²) in [7, 11) is 0. The van der Waals surface area contributed by atoms with Crippen LogP contribution in [0.1, 0.15) is 37.7 Å². The van der Waals surface area contributed by atoms with Gasteiger partial charge in [-0.05, 0) is 56.1 Å². The first-order valence-corrected chi connectivity index (χ1v) is 12.8. The molecule has 14 heteroatoms. The third-order valence-electron chi connectivity index (χ3n) is 7.62. The molecule has 3 fully saturated rings. The molecule has 1 aromatic rings. The number of hydrogen-bond acceptors (Lipinski definition) is 7. The number of nitrogens with one attached hydrogen (secondary N) is 3. The van der Waals surface area contributed by atoms with Crippen LogP contribution in [-0.4, -0.2) is 77.4 Å². The Morgan fingerprint density at radius 2 is 2.00 bits per heavy atom. The van der Waals surface area contributed by atoms with Crippen molar-refractivity contribution in [1.82, 2.24) is 20.5 Å². The zero-order valence-electron chi connectivity index (χ0n) is 21.3. The van der Waals surface area contributed by atoms with Gasteiger partial charge in [-0.3, -0.25) is 28.7 Å². The van der Waals surface area contributed by atoms with Crippen molar-refractivity contribution in [2.24, 2.45) is 17.8 Å². The molecule has 5 atom stereocenters. The van der Waals surface area contributed by atoms with E-state index >= 15 is 0 Å². The molecule has 4 amide bonds. The summed E-state index contributed by atoms with van der Waals surface area (Å²) in [5.41, 5.74) is 0.629. The van der Waals surface area contributed by atoms with Crippen LogP contribution in [0.15, 0.2) is 18.3 Å². The van der Waals surface area contributed by atoms with E-state index in [1.807, 2.05) is 0 Å². The van der Waals surface area contributed by atoms with Gasteiger partial charge < -0.3 is 20.9 Å². The van der Waals surface area contributed by atoms with E-state index < -0.39 is 54.5 Å². The number of pyridine rings is 1. The van der Waals surface area contributed by atoms with Gasteiger partial charge in [0.1, 0.15) is 18.5 Å². The largest absolute Gasteiger partial charge is 0.522 e. The molecule has 1 aliphatic carbocycles. The Balaban J connectivity index is 1.51. The molecule has 0 spiro atoms. The summed E-state index contributed by atoms with van der Waals surface area (Å²) >= 11 is 0. The van der Waals surface area contributed by atoms with Gasteiger partial charge in [0.05, 0.1) is 6.04 Å². The summed E-state index contributed by atoms with van der Waals surface area (Å²) in [6, 6.07) is 0.822. The third-order valence-corrected chi connectivity index (χ3v) is 7.62. The Kier molecular flexibility index (Phi) is 8.52. The maximum atomic E-state index is 13.5. The molecule has 2 aliphatic heterocycles. The lowest BCUT2D eigenvalue weighted by atomic mass is 9.92. The highest BCUT2D eigenvalue weighted by Gasteiger charge is 2.51. The molecule has 39 heavy (non-hydrogen) atoms. The van der Waals surface area contributed by atoms with Gasteiger partial charge in [0.15, 0.2) is 5.78 Å². The fraction of sp³-hybridized carbons (Fsp3) is 0.600. The highest BCUT2D eigenvalue weighted by atomic mass is 19.4. The zero-order chi connectivity index (χ0) is 28.3. The fourth-order valence-electron chi connectivity index (χ4n) is 5.69. The van der Waals surface area contributed by atoms with E-state index in [1.165, 1.54) is 6.20 Å². The molecule has 3 heterocycles. The van der Waals surface area contributed by atoms with Crippen LogP contribution in [0, 0.1) is 24.7 Å². The summed E-state index contributed by atoms with van der Waals surface area (Å²) in [5, 5.41) is 7.53. The van der Waals surface area contributed by atoms with Crippen molar-refractivity contribution in [3.8, 4) is 0 Å². The highest BCUT2D eigenvalue weighted by molar-refractivity contribution is 6.40. The summed E-state index contributed by atoms with van der Waals surface area (Å²) < 4.78 is 41.4. The number of aryl methyl sites for hydroxylation is 1. The Morgan fingerprint density at radius 3 is 2.67 bits per heavy atom. The quantitative estimate of drug-likeness (QED) is 0.408. The molecular formula is C25H30F3N5O6. The van der Waals surface area contributed by atoms with Crippen molar-refractivity contribution in [3.05, 3.63) is 23.9 Å². The maximum absolute atomic E-state index is 13.5. The fourth-order valence-corrected chi connectivity index (χ4v) is 5.69. The first kappa shape index (κ1) is 28.5. The lowest BCUT2D eigenvalue weighted by molar-refractivity contribution is -0.321. The van der Waals surface area contributed by atoms with Gasteiger partial charge in [-0.2, -0.15) is 0 Å². The van der Waals surface area contributed by atoms with Gasteiger partial charge in [-0.25, -0.2) is 4.98 Å². The third kappa shape index (κ3) is 6.72. The smallest absolute Gasteiger partial charge is 0.356 e. The lowest BCUT2D eigenvalue weighted by Gasteiger charge is -2.29. The van der Waals surface area contributed by atoms with Crippen molar-refractivity contribution in [2.45, 2.75) is 57.5 Å². The monoisotopic (exact) mass is 553 g/mol. The molecule has 0 unspecified atom stereocenters. The van der Waals surface area contributed by atoms with Crippen LogP contribution in [0.25, 0.3) is 0 Å². The number of nitrogens with zero attached hydrogens (tertiary/aromatic N) is 2. The molecule has 0 aromatic carbocycles. The first-order valence-electron chi connectivity index (χ1n) is 12.8.